The van der Waals surface area contributed by atoms with Crippen molar-refractivity contribution < 1.29 is 23.9 Å². The van der Waals surface area contributed by atoms with Crippen molar-refractivity contribution in [1.29, 1.82) is 0 Å². The third-order valence-electron chi connectivity index (χ3n) is 4.94. The van der Waals surface area contributed by atoms with E-state index >= 15 is 0 Å². The van der Waals surface area contributed by atoms with E-state index in [2.05, 4.69) is 37.4 Å². The number of rotatable bonds is 8. The molecule has 3 aromatic carbocycles. The highest BCUT2D eigenvalue weighted by Gasteiger charge is 2.13. The van der Waals surface area contributed by atoms with Crippen molar-refractivity contribution in [2.45, 2.75) is 6.92 Å². The van der Waals surface area contributed by atoms with Gasteiger partial charge in [-0.1, -0.05) is 17.7 Å². The van der Waals surface area contributed by atoms with Crippen LogP contribution < -0.4 is 26.2 Å². The number of thiocarbonyl (C=S) groups is 1. The molecule has 0 bridgehead atoms. The number of ether oxygens (including phenoxy) is 2. The van der Waals surface area contributed by atoms with Gasteiger partial charge >= 0.3 is 0 Å². The molecule has 0 saturated heterocycles. The molecule has 0 radical (unpaired) electrons. The molecule has 0 spiro atoms. The van der Waals surface area contributed by atoms with Gasteiger partial charge in [0.15, 0.2) is 5.11 Å². The van der Waals surface area contributed by atoms with Crippen molar-refractivity contribution in [1.82, 2.24) is 16.2 Å². The number of hydrogen-bond donors (Lipinski definition) is 4. The maximum atomic E-state index is 12.5. The van der Waals surface area contributed by atoms with Gasteiger partial charge in [-0.05, 0) is 89.7 Å². The highest BCUT2D eigenvalue weighted by atomic mass is 79.9. The average Bonchev–Trinajstić information content (AvgIpc) is 2.88. The Morgan fingerprint density at radius 2 is 1.54 bits per heavy atom. The Kier molecular flexibility index (Phi) is 10.1. The van der Waals surface area contributed by atoms with Crippen LogP contribution in [0.1, 0.15) is 36.6 Å². The standard InChI is InChI=1S/C26H25BrN4O5S/c1-16-4-3-5-18(14-16)23(32)28-20-9-6-17(7-10-20)25(34)30-31-26(37)29-24(33)19-8-11-22(21(27)15-19)36-13-12-35-2/h3-11,14-15H,12-13H2,1-2H3,(H,28,32)(H,30,34)(H2,29,31,33,37). The van der Waals surface area contributed by atoms with Gasteiger partial charge in [0.25, 0.3) is 17.7 Å². The number of carbonyl (C=O) groups is 3. The van der Waals surface area contributed by atoms with Crippen molar-refractivity contribution in [2.24, 2.45) is 0 Å². The van der Waals surface area contributed by atoms with Crippen molar-refractivity contribution in [2.75, 3.05) is 25.6 Å². The Labute approximate surface area is 228 Å². The Morgan fingerprint density at radius 3 is 2.22 bits per heavy atom. The molecule has 0 aromatic heterocycles. The minimum atomic E-state index is -0.478. The molecular formula is C26H25BrN4O5S. The van der Waals surface area contributed by atoms with E-state index in [-0.39, 0.29) is 11.0 Å². The molecule has 0 aliphatic heterocycles. The van der Waals surface area contributed by atoms with E-state index in [4.69, 9.17) is 21.7 Å². The van der Waals surface area contributed by atoms with Crippen molar-refractivity contribution >= 4 is 56.7 Å². The summed E-state index contributed by atoms with van der Waals surface area (Å²) < 4.78 is 11.1. The van der Waals surface area contributed by atoms with Crippen LogP contribution in [0.25, 0.3) is 0 Å². The van der Waals surface area contributed by atoms with Crippen LogP contribution in [-0.4, -0.2) is 43.2 Å². The second kappa shape index (κ2) is 13.5. The number of amides is 3. The third kappa shape index (κ3) is 8.38. The van der Waals surface area contributed by atoms with Crippen LogP contribution in [0, 0.1) is 6.92 Å². The summed E-state index contributed by atoms with van der Waals surface area (Å²) in [6, 6.07) is 18.4. The molecule has 3 rings (SSSR count). The van der Waals surface area contributed by atoms with E-state index in [9.17, 15) is 14.4 Å². The first-order valence-corrected chi connectivity index (χ1v) is 12.3. The Bertz CT molecular complexity index is 1300. The molecule has 37 heavy (non-hydrogen) atoms. The highest BCUT2D eigenvalue weighted by Crippen LogP contribution is 2.26. The monoisotopic (exact) mass is 584 g/mol. The third-order valence-corrected chi connectivity index (χ3v) is 5.76. The van der Waals surface area contributed by atoms with Crippen LogP contribution in [0.2, 0.25) is 0 Å². The van der Waals surface area contributed by atoms with E-state index in [0.29, 0.717) is 45.8 Å². The van der Waals surface area contributed by atoms with E-state index < -0.39 is 11.8 Å². The average molecular weight is 585 g/mol. The first-order valence-electron chi connectivity index (χ1n) is 11.1. The normalized spacial score (nSPS) is 10.2. The molecule has 3 aromatic rings. The number of hydrogen-bond acceptors (Lipinski definition) is 6. The fraction of sp³-hybridized carbons (Fsp3) is 0.154. The van der Waals surface area contributed by atoms with Gasteiger partial charge in [0, 0.05) is 29.5 Å². The largest absolute Gasteiger partial charge is 0.490 e. The van der Waals surface area contributed by atoms with Gasteiger partial charge in [0.2, 0.25) is 0 Å². The number of anilines is 1. The van der Waals surface area contributed by atoms with Gasteiger partial charge in [-0.2, -0.15) is 0 Å². The maximum Gasteiger partial charge on any atom is 0.269 e. The summed E-state index contributed by atoms with van der Waals surface area (Å²) in [5, 5.41) is 5.19. The number of benzene rings is 3. The minimum absolute atomic E-state index is 0.0862. The number of methoxy groups -OCH3 is 1. The number of nitrogens with one attached hydrogen (secondary N) is 4. The van der Waals surface area contributed by atoms with Crippen molar-refractivity contribution in [3.63, 3.8) is 0 Å². The molecule has 0 saturated carbocycles. The second-order valence-corrected chi connectivity index (χ2v) is 9.01. The molecule has 11 heteroatoms. The molecule has 0 aliphatic rings. The Morgan fingerprint density at radius 1 is 0.838 bits per heavy atom. The van der Waals surface area contributed by atoms with E-state index in [1.807, 2.05) is 19.1 Å². The van der Waals surface area contributed by atoms with Gasteiger partial charge in [-0.25, -0.2) is 0 Å². The van der Waals surface area contributed by atoms with Gasteiger partial charge in [0.1, 0.15) is 12.4 Å². The zero-order chi connectivity index (χ0) is 26.8. The van der Waals surface area contributed by atoms with Crippen LogP contribution in [0.4, 0.5) is 5.69 Å². The van der Waals surface area contributed by atoms with E-state index in [0.717, 1.165) is 5.56 Å². The molecule has 192 valence electrons. The quantitative estimate of drug-likeness (QED) is 0.180. The van der Waals surface area contributed by atoms with Gasteiger partial charge < -0.3 is 14.8 Å². The lowest BCUT2D eigenvalue weighted by molar-refractivity contribution is 0.0934. The summed E-state index contributed by atoms with van der Waals surface area (Å²) in [4.78, 5) is 37.3. The summed E-state index contributed by atoms with van der Waals surface area (Å²) in [5.41, 5.74) is 7.64. The van der Waals surface area contributed by atoms with Crippen LogP contribution in [-0.2, 0) is 4.74 Å². The molecule has 4 N–H and O–H groups in total. The second-order valence-electron chi connectivity index (χ2n) is 7.75. The number of hydrazine groups is 1. The van der Waals surface area contributed by atoms with Crippen LogP contribution in [0.15, 0.2) is 71.2 Å². The van der Waals surface area contributed by atoms with E-state index in [1.165, 1.54) is 0 Å². The predicted molar refractivity (Wildman–Crippen MR) is 148 cm³/mol. The lowest BCUT2D eigenvalue weighted by Gasteiger charge is -2.12. The summed E-state index contributed by atoms with van der Waals surface area (Å²) in [6.45, 7) is 2.72. The molecule has 3 amide bonds. The maximum absolute atomic E-state index is 12.5. The van der Waals surface area contributed by atoms with Crippen molar-refractivity contribution in [3.8, 4) is 5.75 Å². The Hall–Kier alpha value is -3.80. The summed E-state index contributed by atoms with van der Waals surface area (Å²) in [5.74, 6) is -0.621. The van der Waals surface area contributed by atoms with E-state index in [1.54, 1.807) is 61.7 Å². The molecule has 0 unspecified atom stereocenters. The first kappa shape index (κ1) is 27.8. The number of aryl methyl sites for hydroxylation is 1. The summed E-state index contributed by atoms with van der Waals surface area (Å²) >= 11 is 8.46. The molecule has 0 fully saturated rings. The van der Waals surface area contributed by atoms with Crippen molar-refractivity contribution in [3.05, 3.63) is 93.5 Å². The zero-order valence-electron chi connectivity index (χ0n) is 20.1. The number of carbonyl (C=O) groups excluding carboxylic acids is 3. The van der Waals surface area contributed by atoms with Crippen LogP contribution >= 0.6 is 28.1 Å². The fourth-order valence-electron chi connectivity index (χ4n) is 3.08. The minimum Gasteiger partial charge on any atom is -0.490 e. The smallest absolute Gasteiger partial charge is 0.269 e. The summed E-state index contributed by atoms with van der Waals surface area (Å²) in [6.07, 6.45) is 0. The molecular weight excluding hydrogens is 560 g/mol. The van der Waals surface area contributed by atoms with Gasteiger partial charge in [-0.15, -0.1) is 0 Å². The molecule has 0 atom stereocenters. The topological polar surface area (TPSA) is 118 Å². The van der Waals surface area contributed by atoms with Crippen LogP contribution in [0.3, 0.4) is 0 Å². The SMILES string of the molecule is COCCOc1ccc(C(=O)NC(=S)NNC(=O)c2ccc(NC(=O)c3cccc(C)c3)cc2)cc1Br. The van der Waals surface area contributed by atoms with Crippen LogP contribution in [0.5, 0.6) is 5.75 Å². The fourth-order valence-corrected chi connectivity index (χ4v) is 3.72. The lowest BCUT2D eigenvalue weighted by Crippen LogP contribution is -2.48. The molecule has 0 aliphatic carbocycles. The lowest BCUT2D eigenvalue weighted by atomic mass is 10.1. The van der Waals surface area contributed by atoms with Gasteiger partial charge in [-0.3, -0.25) is 30.6 Å². The Balaban J connectivity index is 1.47. The zero-order valence-corrected chi connectivity index (χ0v) is 22.5. The summed E-state index contributed by atoms with van der Waals surface area (Å²) in [7, 11) is 1.58. The molecule has 0 heterocycles. The first-order chi connectivity index (χ1) is 17.8. The highest BCUT2D eigenvalue weighted by molar-refractivity contribution is 9.10. The molecule has 9 nitrogen and oxygen atoms in total. The predicted octanol–water partition coefficient (Wildman–Crippen LogP) is 3.98. The number of halogens is 1. The van der Waals surface area contributed by atoms with Gasteiger partial charge in [0.05, 0.1) is 11.1 Å².